The SMILES string of the molecule is O=C(CCCc1cn(C(c2ccccc2)(c2ccccc2)c2ccccc2)cn1)NCCc1cnc(CCC(c2ccccc2)c2ccccc2)[nH]1. The fraction of sp³-hybridized carbons (Fsp3) is 0.196. The number of aryl methyl sites for hydroxylation is 2. The van der Waals surface area contributed by atoms with Crippen molar-refractivity contribution in [3.63, 3.8) is 0 Å². The lowest BCUT2D eigenvalue weighted by atomic mass is 9.77. The number of nitrogens with one attached hydrogen (secondary N) is 2. The lowest BCUT2D eigenvalue weighted by molar-refractivity contribution is -0.121. The summed E-state index contributed by atoms with van der Waals surface area (Å²) in [4.78, 5) is 25.8. The van der Waals surface area contributed by atoms with Gasteiger partial charge in [-0.1, -0.05) is 152 Å². The van der Waals surface area contributed by atoms with Gasteiger partial charge in [-0.15, -0.1) is 0 Å². The van der Waals surface area contributed by atoms with Gasteiger partial charge in [-0.25, -0.2) is 9.97 Å². The van der Waals surface area contributed by atoms with E-state index in [4.69, 9.17) is 4.98 Å². The van der Waals surface area contributed by atoms with Crippen LogP contribution in [0.5, 0.6) is 0 Å². The Kier molecular flexibility index (Phi) is 11.1. The van der Waals surface area contributed by atoms with Crippen LogP contribution in [0.2, 0.25) is 0 Å². The van der Waals surface area contributed by atoms with Crippen LogP contribution in [0.25, 0.3) is 0 Å². The highest BCUT2D eigenvalue weighted by Crippen LogP contribution is 2.40. The van der Waals surface area contributed by atoms with Crippen LogP contribution in [0.3, 0.4) is 0 Å². The normalized spacial score (nSPS) is 11.5. The molecule has 52 heavy (non-hydrogen) atoms. The summed E-state index contributed by atoms with van der Waals surface area (Å²) in [5, 5.41) is 3.10. The number of carbonyl (C=O) groups is 1. The Balaban J connectivity index is 0.930. The second-order valence-electron chi connectivity index (χ2n) is 13.3. The monoisotopic (exact) mass is 683 g/mol. The van der Waals surface area contributed by atoms with Crippen molar-refractivity contribution in [3.05, 3.63) is 215 Å². The molecule has 5 aromatic carbocycles. The van der Waals surface area contributed by atoms with Gasteiger partial charge in [0.25, 0.3) is 0 Å². The molecule has 2 aromatic heterocycles. The quantitative estimate of drug-likeness (QED) is 0.1000. The maximum atomic E-state index is 12.8. The summed E-state index contributed by atoms with van der Waals surface area (Å²) >= 11 is 0. The fourth-order valence-corrected chi connectivity index (χ4v) is 7.35. The highest BCUT2D eigenvalue weighted by molar-refractivity contribution is 5.75. The zero-order valence-electron chi connectivity index (χ0n) is 29.4. The first-order valence-corrected chi connectivity index (χ1v) is 18.3. The van der Waals surface area contributed by atoms with Crippen LogP contribution >= 0.6 is 0 Å². The zero-order chi connectivity index (χ0) is 35.4. The number of imidazole rings is 2. The molecule has 0 atom stereocenters. The number of aromatic amines is 1. The number of nitrogens with zero attached hydrogens (tertiary/aromatic N) is 3. The zero-order valence-corrected chi connectivity index (χ0v) is 29.4. The van der Waals surface area contributed by atoms with Gasteiger partial charge in [0.2, 0.25) is 5.91 Å². The van der Waals surface area contributed by atoms with E-state index in [0.717, 1.165) is 53.2 Å². The molecule has 260 valence electrons. The predicted molar refractivity (Wildman–Crippen MR) is 208 cm³/mol. The van der Waals surface area contributed by atoms with Crippen molar-refractivity contribution in [3.8, 4) is 0 Å². The first-order valence-electron chi connectivity index (χ1n) is 18.3. The Morgan fingerprint density at radius 1 is 0.654 bits per heavy atom. The molecule has 0 radical (unpaired) electrons. The van der Waals surface area contributed by atoms with E-state index in [1.807, 2.05) is 12.5 Å². The molecule has 0 fully saturated rings. The average Bonchev–Trinajstić information content (AvgIpc) is 3.87. The summed E-state index contributed by atoms with van der Waals surface area (Å²) in [7, 11) is 0. The number of amides is 1. The second kappa shape index (κ2) is 16.8. The molecule has 7 aromatic rings. The van der Waals surface area contributed by atoms with Crippen LogP contribution in [-0.4, -0.2) is 32.0 Å². The molecule has 6 nitrogen and oxygen atoms in total. The Labute approximate surface area is 306 Å². The van der Waals surface area contributed by atoms with Gasteiger partial charge in [-0.3, -0.25) is 4.79 Å². The van der Waals surface area contributed by atoms with Crippen molar-refractivity contribution >= 4 is 5.91 Å². The number of rotatable bonds is 16. The third-order valence-electron chi connectivity index (χ3n) is 9.91. The average molecular weight is 684 g/mol. The number of hydrogen-bond donors (Lipinski definition) is 2. The van der Waals surface area contributed by atoms with Gasteiger partial charge in [0.1, 0.15) is 11.4 Å². The molecule has 0 unspecified atom stereocenters. The molecular weight excluding hydrogens is 639 g/mol. The summed E-state index contributed by atoms with van der Waals surface area (Å²) in [6.07, 6.45) is 10.4. The van der Waals surface area contributed by atoms with Crippen LogP contribution in [0.15, 0.2) is 170 Å². The van der Waals surface area contributed by atoms with E-state index in [-0.39, 0.29) is 5.91 Å². The summed E-state index contributed by atoms with van der Waals surface area (Å²) in [5.74, 6) is 1.34. The first-order chi connectivity index (χ1) is 25.7. The summed E-state index contributed by atoms with van der Waals surface area (Å²) in [6.45, 7) is 0.569. The van der Waals surface area contributed by atoms with Gasteiger partial charge in [-0.2, -0.15) is 0 Å². The van der Waals surface area contributed by atoms with Gasteiger partial charge in [-0.05, 0) is 47.1 Å². The van der Waals surface area contributed by atoms with E-state index in [9.17, 15) is 4.79 Å². The van der Waals surface area contributed by atoms with Gasteiger partial charge in [0, 0.05) is 49.8 Å². The summed E-state index contributed by atoms with van der Waals surface area (Å²) < 4.78 is 2.23. The minimum atomic E-state index is -0.593. The minimum Gasteiger partial charge on any atom is -0.356 e. The van der Waals surface area contributed by atoms with E-state index in [1.54, 1.807) is 0 Å². The number of aromatic nitrogens is 4. The maximum Gasteiger partial charge on any atom is 0.220 e. The highest BCUT2D eigenvalue weighted by Gasteiger charge is 2.38. The Morgan fingerprint density at radius 3 is 1.71 bits per heavy atom. The van der Waals surface area contributed by atoms with Crippen molar-refractivity contribution in [2.75, 3.05) is 6.54 Å². The van der Waals surface area contributed by atoms with Crippen molar-refractivity contribution in [1.29, 1.82) is 0 Å². The van der Waals surface area contributed by atoms with Crippen LogP contribution in [-0.2, 0) is 29.6 Å². The Bertz CT molecular complexity index is 1970. The van der Waals surface area contributed by atoms with E-state index in [2.05, 4.69) is 178 Å². The topological polar surface area (TPSA) is 75.6 Å². The molecule has 0 aliphatic carbocycles. The Morgan fingerprint density at radius 2 is 1.17 bits per heavy atom. The molecule has 0 spiro atoms. The van der Waals surface area contributed by atoms with Crippen LogP contribution < -0.4 is 5.32 Å². The molecular formula is C46H45N5O. The molecule has 0 saturated heterocycles. The lowest BCUT2D eigenvalue weighted by Gasteiger charge is -2.37. The molecule has 2 N–H and O–H groups in total. The van der Waals surface area contributed by atoms with Crippen molar-refractivity contribution < 1.29 is 4.79 Å². The Hall–Kier alpha value is -6.01. The van der Waals surface area contributed by atoms with Crippen molar-refractivity contribution in [2.24, 2.45) is 0 Å². The number of hydrogen-bond acceptors (Lipinski definition) is 3. The molecule has 0 aliphatic rings. The summed E-state index contributed by atoms with van der Waals surface area (Å²) in [5.41, 5.74) is 7.51. The predicted octanol–water partition coefficient (Wildman–Crippen LogP) is 8.89. The third kappa shape index (κ3) is 7.97. The molecule has 1 amide bonds. The largest absolute Gasteiger partial charge is 0.356 e. The molecule has 7 rings (SSSR count). The molecule has 6 heteroatoms. The highest BCUT2D eigenvalue weighted by atomic mass is 16.1. The second-order valence-corrected chi connectivity index (χ2v) is 13.3. The van der Waals surface area contributed by atoms with Gasteiger partial charge in [0.15, 0.2) is 0 Å². The number of H-pyrrole nitrogens is 1. The fourth-order valence-electron chi connectivity index (χ4n) is 7.35. The van der Waals surface area contributed by atoms with E-state index in [1.165, 1.54) is 11.1 Å². The number of benzene rings is 5. The molecule has 0 bridgehead atoms. The molecule has 0 saturated carbocycles. The first kappa shape index (κ1) is 34.4. The molecule has 2 heterocycles. The van der Waals surface area contributed by atoms with Crippen LogP contribution in [0.1, 0.15) is 70.2 Å². The van der Waals surface area contributed by atoms with Crippen LogP contribution in [0.4, 0.5) is 0 Å². The van der Waals surface area contributed by atoms with Gasteiger partial charge >= 0.3 is 0 Å². The smallest absolute Gasteiger partial charge is 0.220 e. The minimum absolute atomic E-state index is 0.0555. The summed E-state index contributed by atoms with van der Waals surface area (Å²) in [6, 6.07) is 53.1. The van der Waals surface area contributed by atoms with E-state index >= 15 is 0 Å². The maximum absolute atomic E-state index is 12.8. The third-order valence-corrected chi connectivity index (χ3v) is 9.91. The van der Waals surface area contributed by atoms with E-state index < -0.39 is 5.54 Å². The lowest BCUT2D eigenvalue weighted by Crippen LogP contribution is -2.36. The van der Waals surface area contributed by atoms with Crippen molar-refractivity contribution in [2.45, 2.75) is 50.0 Å². The van der Waals surface area contributed by atoms with Crippen LogP contribution in [0, 0.1) is 0 Å². The molecule has 0 aliphatic heterocycles. The van der Waals surface area contributed by atoms with Gasteiger partial charge < -0.3 is 14.9 Å². The van der Waals surface area contributed by atoms with Crippen molar-refractivity contribution in [1.82, 2.24) is 24.8 Å². The van der Waals surface area contributed by atoms with E-state index in [0.29, 0.717) is 31.7 Å². The number of carbonyl (C=O) groups excluding carboxylic acids is 1. The standard InChI is InChI=1S/C46H45N5O/c52-45(47-32-31-41-33-48-44(50-41)30-29-43(36-17-6-1-7-18-36)37-19-8-2-9-20-37)28-16-27-42-34-51(35-49-42)46(38-21-10-3-11-22-38,39-23-12-4-13-24-39)40-25-14-5-15-26-40/h1-15,17-26,33-35,43H,16,27-32H2,(H,47,52)(H,48,50). The van der Waals surface area contributed by atoms with Gasteiger partial charge in [0.05, 0.1) is 12.0 Å².